The highest BCUT2D eigenvalue weighted by molar-refractivity contribution is 7.92. The van der Waals surface area contributed by atoms with Crippen molar-refractivity contribution in [1.82, 2.24) is 15.1 Å². The molecule has 1 aliphatic heterocycles. The van der Waals surface area contributed by atoms with Gasteiger partial charge in [0.2, 0.25) is 5.91 Å². The summed E-state index contributed by atoms with van der Waals surface area (Å²) in [4.78, 5) is 29.3. The Balaban J connectivity index is 1.95. The van der Waals surface area contributed by atoms with E-state index in [1.807, 2.05) is 27.7 Å². The number of hydrogen-bond acceptors (Lipinski definition) is 6. The van der Waals surface area contributed by atoms with Crippen LogP contribution in [0.3, 0.4) is 0 Å². The van der Waals surface area contributed by atoms with E-state index in [9.17, 15) is 23.1 Å². The number of aliphatic hydroxyl groups is 1. The number of urea groups is 1. The molecule has 0 unspecified atom stereocenters. The number of aliphatic hydroxyl groups excluding tert-OH is 1. The predicted octanol–water partition coefficient (Wildman–Crippen LogP) is 2.99. The van der Waals surface area contributed by atoms with E-state index >= 15 is 0 Å². The molecule has 10 nitrogen and oxygen atoms in total. The van der Waals surface area contributed by atoms with Gasteiger partial charge in [-0.25, -0.2) is 13.2 Å². The first-order valence-corrected chi connectivity index (χ1v) is 14.6. The van der Waals surface area contributed by atoms with Crippen molar-refractivity contribution in [3.8, 4) is 5.75 Å². The Kier molecular flexibility index (Phi) is 9.84. The number of aryl methyl sites for hydroxylation is 1. The lowest BCUT2D eigenvalue weighted by atomic mass is 10.0. The summed E-state index contributed by atoms with van der Waals surface area (Å²) in [6.45, 7) is 9.73. The van der Waals surface area contributed by atoms with Crippen molar-refractivity contribution in [3.63, 3.8) is 0 Å². The van der Waals surface area contributed by atoms with Crippen LogP contribution in [0.1, 0.15) is 38.8 Å². The lowest BCUT2D eigenvalue weighted by Gasteiger charge is -2.34. The minimum Gasteiger partial charge on any atom is -0.488 e. The number of anilines is 1. The van der Waals surface area contributed by atoms with E-state index in [-0.39, 0.29) is 48.4 Å². The van der Waals surface area contributed by atoms with E-state index in [4.69, 9.17) is 4.74 Å². The number of carbonyl (C=O) groups is 2. The molecule has 3 amide bonds. The van der Waals surface area contributed by atoms with E-state index in [1.54, 1.807) is 54.1 Å². The molecule has 0 bridgehead atoms. The van der Waals surface area contributed by atoms with Gasteiger partial charge in [-0.1, -0.05) is 24.6 Å². The van der Waals surface area contributed by atoms with Gasteiger partial charge < -0.3 is 25.0 Å². The molecule has 214 valence electrons. The van der Waals surface area contributed by atoms with Crippen LogP contribution in [0.25, 0.3) is 0 Å². The molecule has 2 aromatic rings. The summed E-state index contributed by atoms with van der Waals surface area (Å²) in [5.74, 6) is 0.0518. The fraction of sp³-hybridized carbons (Fsp3) is 0.500. The smallest absolute Gasteiger partial charge is 0.317 e. The van der Waals surface area contributed by atoms with Gasteiger partial charge >= 0.3 is 6.03 Å². The number of nitrogens with zero attached hydrogens (tertiary/aromatic N) is 2. The first-order chi connectivity index (χ1) is 18.3. The third-order valence-corrected chi connectivity index (χ3v) is 8.11. The number of amides is 3. The average Bonchev–Trinajstić information content (AvgIpc) is 2.91. The second-order valence-corrected chi connectivity index (χ2v) is 12.3. The molecule has 39 heavy (non-hydrogen) atoms. The second-order valence-electron chi connectivity index (χ2n) is 10.6. The summed E-state index contributed by atoms with van der Waals surface area (Å²) in [5.41, 5.74) is 1.75. The molecule has 3 N–H and O–H groups in total. The van der Waals surface area contributed by atoms with Gasteiger partial charge in [0.25, 0.3) is 10.0 Å². The van der Waals surface area contributed by atoms with E-state index in [0.29, 0.717) is 23.5 Å². The number of ether oxygens (including phenoxy) is 1. The zero-order chi connectivity index (χ0) is 28.9. The van der Waals surface area contributed by atoms with Crippen molar-refractivity contribution in [1.29, 1.82) is 0 Å². The summed E-state index contributed by atoms with van der Waals surface area (Å²) in [5, 5.41) is 12.7. The number of benzene rings is 2. The van der Waals surface area contributed by atoms with Crippen molar-refractivity contribution in [3.05, 3.63) is 53.6 Å². The van der Waals surface area contributed by atoms with Gasteiger partial charge in [0.1, 0.15) is 11.9 Å². The Bertz CT molecular complexity index is 1270. The molecular formula is C28H40N4O6S. The van der Waals surface area contributed by atoms with Gasteiger partial charge in [0, 0.05) is 36.8 Å². The molecule has 2 aromatic carbocycles. The van der Waals surface area contributed by atoms with Crippen molar-refractivity contribution >= 4 is 27.6 Å². The van der Waals surface area contributed by atoms with Gasteiger partial charge in [0.05, 0.1) is 30.5 Å². The monoisotopic (exact) mass is 560 g/mol. The minimum absolute atomic E-state index is 0.0276. The number of likely N-dealkylation sites (N-methyl/N-ethyl adjacent to an activating group) is 1. The zero-order valence-electron chi connectivity index (χ0n) is 23.5. The number of carbonyl (C=O) groups excluding carboxylic acids is 2. The van der Waals surface area contributed by atoms with Crippen LogP contribution >= 0.6 is 0 Å². The number of fused-ring (bicyclic) bond motifs is 1. The fourth-order valence-corrected chi connectivity index (χ4v) is 5.40. The van der Waals surface area contributed by atoms with Crippen molar-refractivity contribution in [2.24, 2.45) is 5.92 Å². The molecule has 0 fully saturated rings. The topological polar surface area (TPSA) is 128 Å². The maximum Gasteiger partial charge on any atom is 0.317 e. The number of nitrogens with one attached hydrogen (secondary N) is 2. The van der Waals surface area contributed by atoms with E-state index in [2.05, 4.69) is 10.0 Å². The lowest BCUT2D eigenvalue weighted by molar-refractivity contribution is -0.134. The largest absolute Gasteiger partial charge is 0.488 e. The Morgan fingerprint density at radius 2 is 1.85 bits per heavy atom. The molecule has 0 spiro atoms. The molecule has 3 rings (SSSR count). The average molecular weight is 561 g/mol. The summed E-state index contributed by atoms with van der Waals surface area (Å²) >= 11 is 0. The van der Waals surface area contributed by atoms with Gasteiger partial charge in [-0.15, -0.1) is 0 Å². The van der Waals surface area contributed by atoms with Gasteiger partial charge in [0.15, 0.2) is 0 Å². The highest BCUT2D eigenvalue weighted by atomic mass is 32.2. The standard InChI is InChI=1S/C28H40N4O6S/c1-18(2)29-28(35)31(6)16-26-20(4)15-32(21(5)17-33)27(34)14-22-13-23(9-12-25(22)38-26)30-39(36,37)24-10-7-19(3)8-11-24/h7-13,18,20-21,26,30,33H,14-17H2,1-6H3,(H,29,35)/t20-,21-,26-/m1/s1. The summed E-state index contributed by atoms with van der Waals surface area (Å²) in [6.07, 6.45) is -0.510. The van der Waals surface area contributed by atoms with E-state index < -0.39 is 22.2 Å². The molecule has 0 saturated heterocycles. The molecule has 1 aliphatic rings. The molecule has 11 heteroatoms. The minimum atomic E-state index is -3.85. The molecule has 0 aromatic heterocycles. The van der Waals surface area contributed by atoms with Gasteiger partial charge in [-0.3, -0.25) is 9.52 Å². The Labute approximate surface area is 231 Å². The summed E-state index contributed by atoms with van der Waals surface area (Å²) in [6, 6.07) is 10.7. The molecule has 0 aliphatic carbocycles. The maximum absolute atomic E-state index is 13.4. The van der Waals surface area contributed by atoms with Crippen molar-refractivity contribution in [2.75, 3.05) is 31.5 Å². The van der Waals surface area contributed by atoms with Crippen LogP contribution in [0.15, 0.2) is 47.4 Å². The fourth-order valence-electron chi connectivity index (χ4n) is 4.35. The highest BCUT2D eigenvalue weighted by Crippen LogP contribution is 2.30. The summed E-state index contributed by atoms with van der Waals surface area (Å²) < 4.78 is 34.9. The molecule has 3 atom stereocenters. The normalized spacial score (nSPS) is 18.8. The molecule has 1 heterocycles. The van der Waals surface area contributed by atoms with E-state index in [0.717, 1.165) is 5.56 Å². The number of rotatable bonds is 8. The third-order valence-electron chi connectivity index (χ3n) is 6.71. The van der Waals surface area contributed by atoms with Gasteiger partial charge in [-0.05, 0) is 58.0 Å². The second kappa shape index (κ2) is 12.7. The summed E-state index contributed by atoms with van der Waals surface area (Å²) in [7, 11) is -2.16. The highest BCUT2D eigenvalue weighted by Gasteiger charge is 2.32. The SMILES string of the molecule is Cc1ccc(S(=O)(=O)Nc2ccc3c(c2)CC(=O)N([C@H](C)CO)C[C@@H](C)[C@@H](CN(C)C(=O)NC(C)C)O3)cc1. The number of sulfonamides is 1. The van der Waals surface area contributed by atoms with Crippen LogP contribution in [-0.2, 0) is 21.2 Å². The predicted molar refractivity (Wildman–Crippen MR) is 150 cm³/mol. The first-order valence-electron chi connectivity index (χ1n) is 13.1. The first kappa shape index (κ1) is 30.2. The third kappa shape index (κ3) is 7.86. The van der Waals surface area contributed by atoms with Crippen molar-refractivity contribution in [2.45, 2.75) is 64.1 Å². The van der Waals surface area contributed by atoms with Crippen LogP contribution in [0.2, 0.25) is 0 Å². The molecular weight excluding hydrogens is 520 g/mol. The lowest BCUT2D eigenvalue weighted by Crippen LogP contribution is -2.49. The Morgan fingerprint density at radius 1 is 1.18 bits per heavy atom. The Hall–Kier alpha value is -3.31. The van der Waals surface area contributed by atoms with E-state index in [1.165, 1.54) is 12.1 Å². The van der Waals surface area contributed by atoms with Crippen LogP contribution in [0.4, 0.5) is 10.5 Å². The maximum atomic E-state index is 13.4. The number of hydrogen-bond donors (Lipinski definition) is 3. The van der Waals surface area contributed by atoms with Crippen LogP contribution in [-0.4, -0.2) is 80.2 Å². The molecule has 0 saturated carbocycles. The quantitative estimate of drug-likeness (QED) is 0.455. The van der Waals surface area contributed by atoms with Crippen molar-refractivity contribution < 1.29 is 27.9 Å². The molecule has 0 radical (unpaired) electrons. The van der Waals surface area contributed by atoms with Crippen LogP contribution in [0, 0.1) is 12.8 Å². The van der Waals surface area contributed by atoms with Crippen LogP contribution in [0.5, 0.6) is 5.75 Å². The Morgan fingerprint density at radius 3 is 2.46 bits per heavy atom. The van der Waals surface area contributed by atoms with Crippen LogP contribution < -0.4 is 14.8 Å². The zero-order valence-corrected chi connectivity index (χ0v) is 24.3. The van der Waals surface area contributed by atoms with Gasteiger partial charge in [-0.2, -0.15) is 0 Å².